The van der Waals surface area contributed by atoms with Crippen molar-refractivity contribution in [2.24, 2.45) is 5.73 Å². The molecule has 0 aromatic carbocycles. The molecular formula is C15H27N3O5. The van der Waals surface area contributed by atoms with Crippen LogP contribution in [-0.2, 0) is 19.1 Å². The summed E-state index contributed by atoms with van der Waals surface area (Å²) in [5, 5.41) is 11.2. The number of hydrogen-bond donors (Lipinski definition) is 3. The number of ether oxygens (including phenoxy) is 1. The molecule has 0 saturated carbocycles. The van der Waals surface area contributed by atoms with Crippen LogP contribution in [0.15, 0.2) is 0 Å². The van der Waals surface area contributed by atoms with Gasteiger partial charge in [-0.25, -0.2) is 0 Å². The Kier molecular flexibility index (Phi) is 9.23. The number of nitrogens with one attached hydrogen (secondary N) is 1. The molecule has 1 atom stereocenters. The molecule has 2 amide bonds. The molecule has 1 aliphatic rings. The van der Waals surface area contributed by atoms with Crippen LogP contribution < -0.4 is 11.1 Å². The van der Waals surface area contributed by atoms with Crippen molar-refractivity contribution in [2.45, 2.75) is 44.6 Å². The van der Waals surface area contributed by atoms with E-state index < -0.39 is 12.0 Å². The Balaban J connectivity index is 2.00. The first-order valence-corrected chi connectivity index (χ1v) is 8.11. The first-order chi connectivity index (χ1) is 11.0. The predicted molar refractivity (Wildman–Crippen MR) is 83.7 cm³/mol. The number of carbonyl (C=O) groups is 3. The molecule has 0 unspecified atom stereocenters. The van der Waals surface area contributed by atoms with Crippen molar-refractivity contribution in [3.05, 3.63) is 0 Å². The third-order valence-electron chi connectivity index (χ3n) is 3.66. The summed E-state index contributed by atoms with van der Waals surface area (Å²) >= 11 is 0. The zero-order chi connectivity index (χ0) is 17.1. The molecule has 8 heteroatoms. The van der Waals surface area contributed by atoms with E-state index in [4.69, 9.17) is 15.6 Å². The molecule has 1 aliphatic heterocycles. The summed E-state index contributed by atoms with van der Waals surface area (Å²) in [5.74, 6) is -1.19. The van der Waals surface area contributed by atoms with Crippen LogP contribution in [0.3, 0.4) is 0 Å². The van der Waals surface area contributed by atoms with Crippen LogP contribution in [0.25, 0.3) is 0 Å². The van der Waals surface area contributed by atoms with Gasteiger partial charge in [-0.05, 0) is 25.7 Å². The van der Waals surface area contributed by atoms with Crippen molar-refractivity contribution in [3.63, 3.8) is 0 Å². The molecule has 132 valence electrons. The number of amides is 2. The molecule has 1 rings (SSSR count). The minimum atomic E-state index is -0.803. The summed E-state index contributed by atoms with van der Waals surface area (Å²) in [6.07, 6.45) is 4.26. The molecular weight excluding hydrogens is 302 g/mol. The van der Waals surface area contributed by atoms with E-state index in [0.29, 0.717) is 13.0 Å². The second-order valence-electron chi connectivity index (χ2n) is 5.71. The van der Waals surface area contributed by atoms with Crippen molar-refractivity contribution in [1.82, 2.24) is 10.2 Å². The minimum Gasteiger partial charge on any atom is -0.481 e. The second kappa shape index (κ2) is 11.0. The van der Waals surface area contributed by atoms with Gasteiger partial charge in [0.1, 0.15) is 12.6 Å². The van der Waals surface area contributed by atoms with E-state index in [9.17, 15) is 14.4 Å². The largest absolute Gasteiger partial charge is 0.481 e. The Morgan fingerprint density at radius 3 is 2.52 bits per heavy atom. The van der Waals surface area contributed by atoms with Gasteiger partial charge in [-0.1, -0.05) is 6.42 Å². The lowest BCUT2D eigenvalue weighted by atomic mass is 10.2. The Labute approximate surface area is 136 Å². The molecule has 4 N–H and O–H groups in total. The number of likely N-dealkylation sites (tertiary alicyclic amines) is 1. The third-order valence-corrected chi connectivity index (χ3v) is 3.66. The molecule has 8 nitrogen and oxygen atoms in total. The van der Waals surface area contributed by atoms with E-state index in [1.165, 1.54) is 0 Å². The maximum Gasteiger partial charge on any atom is 0.303 e. The average Bonchev–Trinajstić information content (AvgIpc) is 3.03. The summed E-state index contributed by atoms with van der Waals surface area (Å²) in [6, 6.07) is -0.725. The van der Waals surface area contributed by atoms with E-state index in [1.54, 1.807) is 4.90 Å². The van der Waals surface area contributed by atoms with Gasteiger partial charge in [0.15, 0.2) is 0 Å². The Morgan fingerprint density at radius 2 is 1.87 bits per heavy atom. The quantitative estimate of drug-likeness (QED) is 0.448. The first-order valence-electron chi connectivity index (χ1n) is 8.11. The van der Waals surface area contributed by atoms with Gasteiger partial charge in [0.2, 0.25) is 11.8 Å². The summed E-state index contributed by atoms with van der Waals surface area (Å²) < 4.78 is 5.19. The normalized spacial score (nSPS) is 15.4. The zero-order valence-corrected chi connectivity index (χ0v) is 13.5. The van der Waals surface area contributed by atoms with Gasteiger partial charge in [0.25, 0.3) is 0 Å². The van der Waals surface area contributed by atoms with Gasteiger partial charge in [-0.2, -0.15) is 0 Å². The van der Waals surface area contributed by atoms with Gasteiger partial charge in [0.05, 0.1) is 6.61 Å². The number of aliphatic carboxylic acids is 1. The molecule has 0 spiro atoms. The average molecular weight is 329 g/mol. The highest BCUT2D eigenvalue weighted by Gasteiger charge is 2.23. The number of rotatable bonds is 11. The van der Waals surface area contributed by atoms with E-state index >= 15 is 0 Å². The molecule has 0 aromatic rings. The fourth-order valence-corrected chi connectivity index (χ4v) is 2.38. The SMILES string of the molecule is N[C@@H](COCC(=O)NCCCCCC(=O)O)C(=O)N1CCCC1. The van der Waals surface area contributed by atoms with Gasteiger partial charge >= 0.3 is 5.97 Å². The fraction of sp³-hybridized carbons (Fsp3) is 0.800. The number of hydrogen-bond acceptors (Lipinski definition) is 5. The van der Waals surface area contributed by atoms with E-state index in [2.05, 4.69) is 5.32 Å². The summed E-state index contributed by atoms with van der Waals surface area (Å²) in [4.78, 5) is 35.5. The summed E-state index contributed by atoms with van der Waals surface area (Å²) in [6.45, 7) is 1.88. The highest BCUT2D eigenvalue weighted by atomic mass is 16.5. The maximum atomic E-state index is 11.9. The van der Waals surface area contributed by atoms with Gasteiger partial charge in [-0.15, -0.1) is 0 Å². The topological polar surface area (TPSA) is 122 Å². The minimum absolute atomic E-state index is 0.0291. The molecule has 1 saturated heterocycles. The highest BCUT2D eigenvalue weighted by molar-refractivity contribution is 5.82. The number of nitrogens with zero attached hydrogens (tertiary/aromatic N) is 1. The molecule has 1 heterocycles. The zero-order valence-electron chi connectivity index (χ0n) is 13.5. The molecule has 0 aromatic heterocycles. The number of carboxylic acids is 1. The molecule has 0 radical (unpaired) electrons. The van der Waals surface area contributed by atoms with Gasteiger partial charge < -0.3 is 25.8 Å². The number of carboxylic acid groups (broad SMARTS) is 1. The van der Waals surface area contributed by atoms with Crippen LogP contribution in [-0.4, -0.2) is 66.7 Å². The molecule has 0 bridgehead atoms. The number of nitrogens with two attached hydrogens (primary N) is 1. The van der Waals surface area contributed by atoms with E-state index in [1.807, 2.05) is 0 Å². The Morgan fingerprint density at radius 1 is 1.17 bits per heavy atom. The van der Waals surface area contributed by atoms with Crippen molar-refractivity contribution in [2.75, 3.05) is 32.8 Å². The first kappa shape index (κ1) is 19.4. The smallest absolute Gasteiger partial charge is 0.303 e. The van der Waals surface area contributed by atoms with Crippen LogP contribution in [0.4, 0.5) is 0 Å². The summed E-state index contributed by atoms with van der Waals surface area (Å²) in [7, 11) is 0. The van der Waals surface area contributed by atoms with Gasteiger partial charge in [-0.3, -0.25) is 14.4 Å². The van der Waals surface area contributed by atoms with Crippen molar-refractivity contribution >= 4 is 17.8 Å². The highest BCUT2D eigenvalue weighted by Crippen LogP contribution is 2.08. The monoisotopic (exact) mass is 329 g/mol. The third kappa shape index (κ3) is 8.51. The standard InChI is InChI=1S/C15H27N3O5/c16-12(15(22)18-8-4-5-9-18)10-23-11-13(19)17-7-3-1-2-6-14(20)21/h12H,1-11,16H2,(H,17,19)(H,20,21)/t12-/m0/s1. The maximum absolute atomic E-state index is 11.9. The van der Waals surface area contributed by atoms with Crippen LogP contribution in [0, 0.1) is 0 Å². The molecule has 0 aliphatic carbocycles. The van der Waals surface area contributed by atoms with Gasteiger partial charge in [0, 0.05) is 26.1 Å². The van der Waals surface area contributed by atoms with E-state index in [0.717, 1.165) is 38.8 Å². The fourth-order valence-electron chi connectivity index (χ4n) is 2.38. The Bertz CT molecular complexity index is 397. The number of unbranched alkanes of at least 4 members (excludes halogenated alkanes) is 2. The van der Waals surface area contributed by atoms with Crippen LogP contribution >= 0.6 is 0 Å². The lowest BCUT2D eigenvalue weighted by Gasteiger charge is -2.20. The van der Waals surface area contributed by atoms with Crippen molar-refractivity contribution in [1.29, 1.82) is 0 Å². The van der Waals surface area contributed by atoms with Crippen LogP contribution in [0.2, 0.25) is 0 Å². The van der Waals surface area contributed by atoms with Crippen LogP contribution in [0.5, 0.6) is 0 Å². The molecule has 1 fully saturated rings. The summed E-state index contributed by atoms with van der Waals surface area (Å²) in [5.41, 5.74) is 5.77. The lowest BCUT2D eigenvalue weighted by Crippen LogP contribution is -2.45. The van der Waals surface area contributed by atoms with Crippen LogP contribution in [0.1, 0.15) is 38.5 Å². The Hall–Kier alpha value is -1.67. The molecule has 23 heavy (non-hydrogen) atoms. The van der Waals surface area contributed by atoms with Crippen molar-refractivity contribution in [3.8, 4) is 0 Å². The second-order valence-corrected chi connectivity index (χ2v) is 5.71. The lowest BCUT2D eigenvalue weighted by molar-refractivity contribution is -0.137. The van der Waals surface area contributed by atoms with E-state index in [-0.39, 0.29) is 31.4 Å². The predicted octanol–water partition coefficient (Wildman–Crippen LogP) is -0.286. The van der Waals surface area contributed by atoms with Crippen molar-refractivity contribution < 1.29 is 24.2 Å². The number of carbonyl (C=O) groups excluding carboxylic acids is 2.